The van der Waals surface area contributed by atoms with Crippen LogP contribution in [0.3, 0.4) is 0 Å². The monoisotopic (exact) mass is 327 g/mol. The molecule has 0 spiro atoms. The van der Waals surface area contributed by atoms with Crippen molar-refractivity contribution < 1.29 is 4.79 Å². The summed E-state index contributed by atoms with van der Waals surface area (Å²) in [7, 11) is 2.14. The number of benzene rings is 1. The quantitative estimate of drug-likeness (QED) is 0.876. The van der Waals surface area contributed by atoms with Gasteiger partial charge in [-0.05, 0) is 36.7 Å². The molecule has 0 bridgehead atoms. The maximum atomic E-state index is 12.2. The van der Waals surface area contributed by atoms with E-state index in [9.17, 15) is 4.79 Å². The number of thiophene rings is 1. The van der Waals surface area contributed by atoms with Gasteiger partial charge in [-0.25, -0.2) is 0 Å². The minimum Gasteiger partial charge on any atom is -0.367 e. The first-order valence-corrected chi connectivity index (χ1v) is 8.65. The lowest BCUT2D eigenvalue weighted by molar-refractivity contribution is -0.111. The molecular formula is C18H21N3OS. The summed E-state index contributed by atoms with van der Waals surface area (Å²) in [5.41, 5.74) is 1.97. The van der Waals surface area contributed by atoms with Crippen molar-refractivity contribution in [1.82, 2.24) is 4.90 Å². The lowest BCUT2D eigenvalue weighted by Crippen LogP contribution is -2.44. The average Bonchev–Trinajstić information content (AvgIpc) is 3.08. The van der Waals surface area contributed by atoms with E-state index < -0.39 is 0 Å². The van der Waals surface area contributed by atoms with Crippen molar-refractivity contribution in [2.45, 2.75) is 0 Å². The van der Waals surface area contributed by atoms with Gasteiger partial charge < -0.3 is 15.1 Å². The number of hydrogen-bond donors (Lipinski definition) is 1. The van der Waals surface area contributed by atoms with Gasteiger partial charge in [-0.3, -0.25) is 4.79 Å². The topological polar surface area (TPSA) is 35.6 Å². The number of rotatable bonds is 4. The van der Waals surface area contributed by atoms with Crippen molar-refractivity contribution in [2.24, 2.45) is 0 Å². The Morgan fingerprint density at radius 2 is 1.91 bits per heavy atom. The van der Waals surface area contributed by atoms with Gasteiger partial charge in [0.25, 0.3) is 0 Å². The first kappa shape index (κ1) is 15.8. The standard InChI is InChI=1S/C18H21N3OS/c1-20-10-12-21(13-11-20)17-7-3-2-6-16(17)19-18(22)9-8-15-5-4-14-23-15/h2-9,14H,10-13H2,1H3,(H,19,22)/b9-8+. The molecule has 0 aliphatic carbocycles. The van der Waals surface area contributed by atoms with Gasteiger partial charge in [-0.1, -0.05) is 18.2 Å². The van der Waals surface area contributed by atoms with E-state index in [0.717, 1.165) is 42.4 Å². The number of para-hydroxylation sites is 2. The Bertz CT molecular complexity index is 673. The highest BCUT2D eigenvalue weighted by molar-refractivity contribution is 7.10. The lowest BCUT2D eigenvalue weighted by Gasteiger charge is -2.35. The molecule has 5 heteroatoms. The van der Waals surface area contributed by atoms with Crippen molar-refractivity contribution in [3.8, 4) is 0 Å². The molecule has 2 heterocycles. The zero-order valence-electron chi connectivity index (χ0n) is 13.2. The number of nitrogens with one attached hydrogen (secondary N) is 1. The third-order valence-electron chi connectivity index (χ3n) is 3.95. The van der Waals surface area contributed by atoms with Crippen molar-refractivity contribution >= 4 is 34.7 Å². The number of piperazine rings is 1. The highest BCUT2D eigenvalue weighted by Crippen LogP contribution is 2.26. The molecule has 2 aromatic rings. The number of carbonyl (C=O) groups is 1. The molecule has 1 saturated heterocycles. The smallest absolute Gasteiger partial charge is 0.248 e. The summed E-state index contributed by atoms with van der Waals surface area (Å²) in [6, 6.07) is 12.0. The van der Waals surface area contributed by atoms with Crippen LogP contribution in [0.15, 0.2) is 47.9 Å². The molecular weight excluding hydrogens is 306 g/mol. The van der Waals surface area contributed by atoms with Crippen LogP contribution in [0.25, 0.3) is 6.08 Å². The van der Waals surface area contributed by atoms with E-state index in [1.54, 1.807) is 17.4 Å². The fraction of sp³-hybridized carbons (Fsp3) is 0.278. The molecule has 3 rings (SSSR count). The van der Waals surface area contributed by atoms with E-state index in [1.165, 1.54) is 0 Å². The molecule has 23 heavy (non-hydrogen) atoms. The summed E-state index contributed by atoms with van der Waals surface area (Å²) in [6.45, 7) is 4.05. The number of nitrogens with zero attached hydrogens (tertiary/aromatic N) is 2. The second-order valence-electron chi connectivity index (χ2n) is 5.65. The summed E-state index contributed by atoms with van der Waals surface area (Å²) in [6.07, 6.45) is 3.44. The predicted molar refractivity (Wildman–Crippen MR) is 98.1 cm³/mol. The second-order valence-corrected chi connectivity index (χ2v) is 6.62. The Kier molecular flexibility index (Phi) is 5.10. The molecule has 1 aromatic heterocycles. The molecule has 1 amide bonds. The third kappa shape index (κ3) is 4.21. The van der Waals surface area contributed by atoms with Crippen molar-refractivity contribution in [3.63, 3.8) is 0 Å². The van der Waals surface area contributed by atoms with E-state index in [2.05, 4.69) is 28.2 Å². The van der Waals surface area contributed by atoms with Crippen molar-refractivity contribution in [3.05, 3.63) is 52.7 Å². The zero-order chi connectivity index (χ0) is 16.1. The minimum atomic E-state index is -0.0972. The van der Waals surface area contributed by atoms with Crippen molar-refractivity contribution in [2.75, 3.05) is 43.4 Å². The fourth-order valence-electron chi connectivity index (χ4n) is 2.62. The first-order chi connectivity index (χ1) is 11.2. The van der Waals surface area contributed by atoms with Crippen molar-refractivity contribution in [1.29, 1.82) is 0 Å². The molecule has 0 radical (unpaired) electrons. The molecule has 120 valence electrons. The second kappa shape index (κ2) is 7.44. The summed E-state index contributed by atoms with van der Waals surface area (Å²) in [4.78, 5) is 17.9. The van der Waals surface area contributed by atoms with E-state index in [4.69, 9.17) is 0 Å². The molecule has 0 saturated carbocycles. The normalized spacial score (nSPS) is 16.0. The molecule has 4 nitrogen and oxygen atoms in total. The van der Waals surface area contributed by atoms with E-state index in [-0.39, 0.29) is 5.91 Å². The van der Waals surface area contributed by atoms with Gasteiger partial charge >= 0.3 is 0 Å². The SMILES string of the molecule is CN1CCN(c2ccccc2NC(=O)/C=C/c2cccs2)CC1. The Morgan fingerprint density at radius 3 is 2.65 bits per heavy atom. The summed E-state index contributed by atoms with van der Waals surface area (Å²) in [5, 5.41) is 5.01. The molecule has 0 unspecified atom stereocenters. The highest BCUT2D eigenvalue weighted by atomic mass is 32.1. The van der Waals surface area contributed by atoms with Crippen LogP contribution in [-0.4, -0.2) is 44.0 Å². The van der Waals surface area contributed by atoms with Gasteiger partial charge in [0.1, 0.15) is 0 Å². The maximum absolute atomic E-state index is 12.2. The van der Waals surface area contributed by atoms with Crippen LogP contribution in [0, 0.1) is 0 Å². The molecule has 1 aliphatic heterocycles. The van der Waals surface area contributed by atoms with Gasteiger partial charge in [0, 0.05) is 37.1 Å². The first-order valence-electron chi connectivity index (χ1n) is 7.77. The Hall–Kier alpha value is -2.11. The zero-order valence-corrected chi connectivity index (χ0v) is 14.1. The van der Waals surface area contributed by atoms with Gasteiger partial charge in [-0.2, -0.15) is 0 Å². The van der Waals surface area contributed by atoms with Gasteiger partial charge in [0.15, 0.2) is 0 Å². The van der Waals surface area contributed by atoms with Crippen LogP contribution in [0.4, 0.5) is 11.4 Å². The Labute approximate surface area is 141 Å². The molecule has 1 aromatic carbocycles. The molecule has 0 atom stereocenters. The number of amides is 1. The van der Waals surface area contributed by atoms with Gasteiger partial charge in [0.05, 0.1) is 11.4 Å². The van der Waals surface area contributed by atoms with Gasteiger partial charge in [0.2, 0.25) is 5.91 Å². The average molecular weight is 327 g/mol. The van der Waals surface area contributed by atoms with Crippen LogP contribution in [0.1, 0.15) is 4.88 Å². The maximum Gasteiger partial charge on any atom is 0.248 e. The van der Waals surface area contributed by atoms with Crippen LogP contribution in [0.2, 0.25) is 0 Å². The summed E-state index contributed by atoms with van der Waals surface area (Å²) in [5.74, 6) is -0.0972. The number of likely N-dealkylation sites (N-methyl/N-ethyl adjacent to an activating group) is 1. The lowest BCUT2D eigenvalue weighted by atomic mass is 10.2. The third-order valence-corrected chi connectivity index (χ3v) is 4.79. The Morgan fingerprint density at radius 1 is 1.13 bits per heavy atom. The number of carbonyl (C=O) groups excluding carboxylic acids is 1. The highest BCUT2D eigenvalue weighted by Gasteiger charge is 2.17. The van der Waals surface area contributed by atoms with E-state index >= 15 is 0 Å². The number of hydrogen-bond acceptors (Lipinski definition) is 4. The minimum absolute atomic E-state index is 0.0972. The largest absolute Gasteiger partial charge is 0.367 e. The number of anilines is 2. The molecule has 1 aliphatic rings. The molecule has 1 fully saturated rings. The molecule has 1 N–H and O–H groups in total. The summed E-state index contributed by atoms with van der Waals surface area (Å²) < 4.78 is 0. The van der Waals surface area contributed by atoms with Crippen LogP contribution in [0.5, 0.6) is 0 Å². The van der Waals surface area contributed by atoms with Crippen LogP contribution in [-0.2, 0) is 4.79 Å². The Balaban J connectivity index is 1.69. The summed E-state index contributed by atoms with van der Waals surface area (Å²) >= 11 is 1.62. The van der Waals surface area contributed by atoms with Crippen LogP contribution >= 0.6 is 11.3 Å². The van der Waals surface area contributed by atoms with E-state index in [0.29, 0.717) is 0 Å². The predicted octanol–water partition coefficient (Wildman–Crippen LogP) is 3.15. The fourth-order valence-corrected chi connectivity index (χ4v) is 3.24. The van der Waals surface area contributed by atoms with Gasteiger partial charge in [-0.15, -0.1) is 11.3 Å². The van der Waals surface area contributed by atoms with Crippen LogP contribution < -0.4 is 10.2 Å². The van der Waals surface area contributed by atoms with E-state index in [1.807, 2.05) is 41.8 Å².